The van der Waals surface area contributed by atoms with Crippen molar-refractivity contribution in [3.05, 3.63) is 59.3 Å². The molecule has 0 bridgehead atoms. The molecule has 2 aromatic rings. The number of H-pyrrole nitrogens is 1. The number of nitrogens with zero attached hydrogens (tertiary/aromatic N) is 3. The summed E-state index contributed by atoms with van der Waals surface area (Å²) in [6, 6.07) is 5.84. The molecule has 0 amide bonds. The van der Waals surface area contributed by atoms with E-state index in [1.165, 1.54) is 5.57 Å². The second-order valence-electron chi connectivity index (χ2n) is 8.41. The van der Waals surface area contributed by atoms with Crippen LogP contribution in [0.25, 0.3) is 16.6 Å². The van der Waals surface area contributed by atoms with Crippen molar-refractivity contribution in [2.75, 3.05) is 33.2 Å². The van der Waals surface area contributed by atoms with Crippen LogP contribution in [0.3, 0.4) is 0 Å². The Bertz CT molecular complexity index is 1030. The van der Waals surface area contributed by atoms with E-state index in [-0.39, 0.29) is 0 Å². The van der Waals surface area contributed by atoms with E-state index in [0.29, 0.717) is 11.8 Å². The third kappa shape index (κ3) is 6.44. The van der Waals surface area contributed by atoms with Crippen molar-refractivity contribution in [3.63, 3.8) is 0 Å². The molecular formula is C24H37N9. The molecule has 0 aliphatic carbocycles. The van der Waals surface area contributed by atoms with Crippen LogP contribution in [0.15, 0.2) is 53.2 Å². The van der Waals surface area contributed by atoms with Crippen molar-refractivity contribution in [1.29, 1.82) is 0 Å². The van der Waals surface area contributed by atoms with Gasteiger partial charge in [-0.2, -0.15) is 10.2 Å². The summed E-state index contributed by atoms with van der Waals surface area (Å²) in [5.74, 6) is 11.9. The van der Waals surface area contributed by atoms with Crippen LogP contribution in [0.2, 0.25) is 0 Å². The third-order valence-corrected chi connectivity index (χ3v) is 6.08. The average Bonchev–Trinajstić information content (AvgIpc) is 3.28. The number of hydrogen-bond donors (Lipinski definition) is 6. The fourth-order valence-corrected chi connectivity index (χ4v) is 3.99. The number of allylic oxidation sites excluding steroid dienone is 2. The summed E-state index contributed by atoms with van der Waals surface area (Å²) in [4.78, 5) is 2.37. The molecule has 0 radical (unpaired) electrons. The topological polar surface area (TPSA) is 146 Å². The number of benzene rings is 1. The summed E-state index contributed by atoms with van der Waals surface area (Å²) >= 11 is 0. The SMILES string of the molecule is CCC(CN)CCN(C)CC1=C/C/C=C(/c2n[nH]c3cc(/C(=N/N)NN)ccc23)NC/C=C\1. The molecule has 2 heterocycles. The van der Waals surface area contributed by atoms with E-state index in [2.05, 4.69) is 69.2 Å². The number of aromatic amines is 1. The number of rotatable bonds is 9. The average molecular weight is 452 g/mol. The molecule has 9 nitrogen and oxygen atoms in total. The lowest BCUT2D eigenvalue weighted by molar-refractivity contribution is 0.319. The summed E-state index contributed by atoms with van der Waals surface area (Å²) in [5.41, 5.74) is 13.2. The van der Waals surface area contributed by atoms with Crippen molar-refractivity contribution in [1.82, 2.24) is 25.8 Å². The molecule has 0 spiro atoms. The molecule has 1 aromatic carbocycles. The molecule has 1 aliphatic heterocycles. The van der Waals surface area contributed by atoms with Crippen LogP contribution < -0.4 is 28.2 Å². The molecule has 178 valence electrons. The fraction of sp³-hybridized carbons (Fsp3) is 0.417. The quantitative estimate of drug-likeness (QED) is 0.147. The lowest BCUT2D eigenvalue weighted by Gasteiger charge is -2.20. The van der Waals surface area contributed by atoms with Gasteiger partial charge in [-0.05, 0) is 56.6 Å². The summed E-state index contributed by atoms with van der Waals surface area (Å²) < 4.78 is 0. The highest BCUT2D eigenvalue weighted by Gasteiger charge is 2.13. The van der Waals surface area contributed by atoms with Crippen LogP contribution in [-0.2, 0) is 0 Å². The van der Waals surface area contributed by atoms with Gasteiger partial charge >= 0.3 is 0 Å². The number of nitrogens with two attached hydrogens (primary N) is 3. The van der Waals surface area contributed by atoms with Gasteiger partial charge in [0.1, 0.15) is 5.69 Å². The third-order valence-electron chi connectivity index (χ3n) is 6.08. The second kappa shape index (κ2) is 12.2. The molecule has 0 fully saturated rings. The Morgan fingerprint density at radius 3 is 2.91 bits per heavy atom. The minimum Gasteiger partial charge on any atom is -0.380 e. The van der Waals surface area contributed by atoms with Crippen LogP contribution in [0.4, 0.5) is 0 Å². The molecule has 0 saturated carbocycles. The molecule has 0 saturated heterocycles. The van der Waals surface area contributed by atoms with Crippen LogP contribution >= 0.6 is 0 Å². The predicted molar refractivity (Wildman–Crippen MR) is 137 cm³/mol. The number of hydrazone groups is 1. The number of fused-ring (bicyclic) bond motifs is 1. The Balaban J connectivity index is 1.71. The summed E-state index contributed by atoms with van der Waals surface area (Å²) in [7, 11) is 2.18. The van der Waals surface area contributed by atoms with Crippen LogP contribution in [-0.4, -0.2) is 54.2 Å². The molecule has 1 unspecified atom stereocenters. The number of amidine groups is 1. The highest BCUT2D eigenvalue weighted by molar-refractivity contribution is 6.02. The number of likely N-dealkylation sites (N-methyl/N-ethyl adjacent to an activating group) is 1. The van der Waals surface area contributed by atoms with Gasteiger partial charge in [-0.3, -0.25) is 5.10 Å². The van der Waals surface area contributed by atoms with Crippen molar-refractivity contribution >= 4 is 22.4 Å². The number of hydrazine groups is 1. The minimum absolute atomic E-state index is 0.411. The molecule has 9 N–H and O–H groups in total. The highest BCUT2D eigenvalue weighted by Crippen LogP contribution is 2.23. The maximum atomic E-state index is 5.85. The van der Waals surface area contributed by atoms with Gasteiger partial charge in [0, 0.05) is 24.0 Å². The molecular weight excluding hydrogens is 414 g/mol. The zero-order chi connectivity index (χ0) is 23.6. The van der Waals surface area contributed by atoms with E-state index < -0.39 is 0 Å². The van der Waals surface area contributed by atoms with Crippen molar-refractivity contribution in [2.24, 2.45) is 28.4 Å². The van der Waals surface area contributed by atoms with E-state index in [0.717, 1.165) is 73.3 Å². The number of nitrogens with one attached hydrogen (secondary N) is 3. The van der Waals surface area contributed by atoms with E-state index in [1.54, 1.807) is 0 Å². The Hall–Kier alpha value is -3.14. The molecule has 33 heavy (non-hydrogen) atoms. The van der Waals surface area contributed by atoms with Gasteiger partial charge < -0.3 is 27.2 Å². The zero-order valence-corrected chi connectivity index (χ0v) is 19.6. The standard InChI is InChI=1S/C24H37N9/c1-3-17(15-25)11-13-33(2)16-18-6-4-8-21(28-12-5-7-18)23-20-10-9-19(24(29-26)30-27)14-22(20)31-32-23/h5-10,14,17,28H,3-4,11-13,15-16,25-27H2,1-2H3,(H,29,30)(H,31,32)/b7-5-,18-6+,21-8-. The summed E-state index contributed by atoms with van der Waals surface area (Å²) in [6.45, 7) is 5.68. The predicted octanol–water partition coefficient (Wildman–Crippen LogP) is 1.77. The van der Waals surface area contributed by atoms with Gasteiger partial charge in [0.15, 0.2) is 5.84 Å². The largest absolute Gasteiger partial charge is 0.380 e. The van der Waals surface area contributed by atoms with E-state index in [4.69, 9.17) is 17.4 Å². The monoisotopic (exact) mass is 451 g/mol. The number of hydrogen-bond acceptors (Lipinski definition) is 7. The van der Waals surface area contributed by atoms with Gasteiger partial charge in [-0.15, -0.1) is 0 Å². The lowest BCUT2D eigenvalue weighted by atomic mass is 10.0. The first-order chi connectivity index (χ1) is 16.1. The maximum Gasteiger partial charge on any atom is 0.166 e. The first kappa shape index (κ1) is 24.5. The second-order valence-corrected chi connectivity index (χ2v) is 8.41. The summed E-state index contributed by atoms with van der Waals surface area (Å²) in [6.07, 6.45) is 11.9. The smallest absolute Gasteiger partial charge is 0.166 e. The first-order valence-electron chi connectivity index (χ1n) is 11.5. The van der Waals surface area contributed by atoms with Crippen molar-refractivity contribution in [3.8, 4) is 0 Å². The van der Waals surface area contributed by atoms with E-state index in [9.17, 15) is 0 Å². The van der Waals surface area contributed by atoms with Gasteiger partial charge in [-0.25, -0.2) is 5.84 Å². The van der Waals surface area contributed by atoms with Crippen LogP contribution in [0.5, 0.6) is 0 Å². The van der Waals surface area contributed by atoms with Crippen LogP contribution in [0.1, 0.15) is 37.4 Å². The van der Waals surface area contributed by atoms with E-state index in [1.807, 2.05) is 18.2 Å². The minimum atomic E-state index is 0.411. The zero-order valence-electron chi connectivity index (χ0n) is 19.6. The molecule has 3 rings (SSSR count). The molecule has 1 aromatic heterocycles. The fourth-order valence-electron chi connectivity index (χ4n) is 3.99. The lowest BCUT2D eigenvalue weighted by Crippen LogP contribution is -2.31. The highest BCUT2D eigenvalue weighted by atomic mass is 15.3. The van der Waals surface area contributed by atoms with Crippen molar-refractivity contribution in [2.45, 2.75) is 26.2 Å². The normalized spacial score (nSPS) is 20.1. The van der Waals surface area contributed by atoms with Crippen molar-refractivity contribution < 1.29 is 0 Å². The van der Waals surface area contributed by atoms with Gasteiger partial charge in [0.2, 0.25) is 0 Å². The Labute approximate surface area is 195 Å². The van der Waals surface area contributed by atoms with Gasteiger partial charge in [0.25, 0.3) is 0 Å². The van der Waals surface area contributed by atoms with E-state index >= 15 is 0 Å². The van der Waals surface area contributed by atoms with Gasteiger partial charge in [0.05, 0.1) is 11.2 Å². The Kier molecular flexibility index (Phi) is 9.05. The van der Waals surface area contributed by atoms with Gasteiger partial charge in [-0.1, -0.05) is 43.7 Å². The molecule has 9 heteroatoms. The molecule has 1 aliphatic rings. The molecule has 1 atom stereocenters. The first-order valence-corrected chi connectivity index (χ1v) is 11.5. The summed E-state index contributed by atoms with van der Waals surface area (Å²) in [5, 5.41) is 15.8. The maximum absolute atomic E-state index is 5.85. The Morgan fingerprint density at radius 1 is 1.33 bits per heavy atom. The van der Waals surface area contributed by atoms with Crippen LogP contribution in [0, 0.1) is 5.92 Å². The number of aromatic nitrogens is 2. The Morgan fingerprint density at radius 2 is 2.18 bits per heavy atom.